The monoisotopic (exact) mass is 416 g/mol. The SMILES string of the molecule is Cc1nc(NC(=O)C2CC(=O)N(c3ccc4c(c3)OCO4)C2)sc1SCC#N. The number of anilines is 2. The number of carbonyl (C=O) groups excluding carboxylic acids is 2. The number of carbonyl (C=O) groups is 2. The Bertz CT molecular complexity index is 984. The van der Waals surface area contributed by atoms with Crippen LogP contribution in [0.3, 0.4) is 0 Å². The van der Waals surface area contributed by atoms with Gasteiger partial charge in [0.1, 0.15) is 0 Å². The highest BCUT2D eigenvalue weighted by Gasteiger charge is 2.36. The second-order valence-corrected chi connectivity index (χ2v) is 8.51. The number of nitriles is 1. The van der Waals surface area contributed by atoms with Crippen LogP contribution >= 0.6 is 23.1 Å². The summed E-state index contributed by atoms with van der Waals surface area (Å²) in [6.45, 7) is 2.30. The van der Waals surface area contributed by atoms with Crippen LogP contribution < -0.4 is 19.7 Å². The predicted octanol–water partition coefficient (Wildman–Crippen LogP) is 2.79. The lowest BCUT2D eigenvalue weighted by atomic mass is 10.1. The first-order chi connectivity index (χ1) is 13.5. The van der Waals surface area contributed by atoms with Crippen LogP contribution in [0.5, 0.6) is 11.5 Å². The normalized spacial score (nSPS) is 17.6. The molecule has 8 nitrogen and oxygen atoms in total. The molecule has 3 heterocycles. The number of amides is 2. The zero-order chi connectivity index (χ0) is 19.7. The predicted molar refractivity (Wildman–Crippen MR) is 105 cm³/mol. The molecular formula is C18H16N4O4S2. The fourth-order valence-corrected chi connectivity index (χ4v) is 4.86. The number of aromatic nitrogens is 1. The molecule has 2 aromatic rings. The summed E-state index contributed by atoms with van der Waals surface area (Å²) in [5, 5.41) is 12.0. The number of thiazole rings is 1. The van der Waals surface area contributed by atoms with Crippen LogP contribution in [0.2, 0.25) is 0 Å². The van der Waals surface area contributed by atoms with Crippen LogP contribution in [-0.4, -0.2) is 35.9 Å². The molecule has 1 aromatic carbocycles. The van der Waals surface area contributed by atoms with Gasteiger partial charge in [-0.15, -0.1) is 0 Å². The number of nitrogens with one attached hydrogen (secondary N) is 1. The molecule has 0 spiro atoms. The molecule has 0 aliphatic carbocycles. The number of nitrogens with zero attached hydrogens (tertiary/aromatic N) is 3. The van der Waals surface area contributed by atoms with Crippen molar-refractivity contribution in [1.82, 2.24) is 4.98 Å². The van der Waals surface area contributed by atoms with E-state index in [1.165, 1.54) is 23.1 Å². The lowest BCUT2D eigenvalue weighted by Gasteiger charge is -2.17. The zero-order valence-corrected chi connectivity index (χ0v) is 16.6. The van der Waals surface area contributed by atoms with Gasteiger partial charge in [-0.2, -0.15) is 5.26 Å². The Labute approximate surface area is 169 Å². The van der Waals surface area contributed by atoms with Crippen molar-refractivity contribution in [2.75, 3.05) is 29.3 Å². The van der Waals surface area contributed by atoms with E-state index in [2.05, 4.69) is 16.4 Å². The number of benzene rings is 1. The molecule has 2 amide bonds. The minimum absolute atomic E-state index is 0.111. The third-order valence-corrected chi connectivity index (χ3v) is 6.72. The average Bonchev–Trinajstić information content (AvgIpc) is 3.38. The van der Waals surface area contributed by atoms with Gasteiger partial charge in [0.05, 0.1) is 27.6 Å². The van der Waals surface area contributed by atoms with Gasteiger partial charge in [0.25, 0.3) is 0 Å². The van der Waals surface area contributed by atoms with E-state index in [0.717, 1.165) is 9.90 Å². The quantitative estimate of drug-likeness (QED) is 0.747. The van der Waals surface area contributed by atoms with Gasteiger partial charge < -0.3 is 19.7 Å². The van der Waals surface area contributed by atoms with Crippen molar-refractivity contribution in [2.24, 2.45) is 5.92 Å². The molecule has 0 saturated carbocycles. The molecule has 28 heavy (non-hydrogen) atoms. The minimum Gasteiger partial charge on any atom is -0.454 e. The Kier molecular flexibility index (Phi) is 5.11. The van der Waals surface area contributed by atoms with Crippen LogP contribution in [0, 0.1) is 24.2 Å². The topological polar surface area (TPSA) is 105 Å². The van der Waals surface area contributed by atoms with Gasteiger partial charge in [0, 0.05) is 24.7 Å². The summed E-state index contributed by atoms with van der Waals surface area (Å²) in [6.07, 6.45) is 0.140. The Balaban J connectivity index is 1.42. The first-order valence-electron chi connectivity index (χ1n) is 8.53. The van der Waals surface area contributed by atoms with Gasteiger partial charge in [-0.25, -0.2) is 4.98 Å². The smallest absolute Gasteiger partial charge is 0.231 e. The second kappa shape index (κ2) is 7.69. The van der Waals surface area contributed by atoms with Gasteiger partial charge in [0.15, 0.2) is 16.6 Å². The van der Waals surface area contributed by atoms with Crippen molar-refractivity contribution in [1.29, 1.82) is 5.26 Å². The molecular weight excluding hydrogens is 400 g/mol. The van der Waals surface area contributed by atoms with Crippen molar-refractivity contribution in [2.45, 2.75) is 17.6 Å². The third kappa shape index (κ3) is 3.63. The minimum atomic E-state index is -0.461. The Morgan fingerprint density at radius 2 is 2.29 bits per heavy atom. The molecule has 1 saturated heterocycles. The Morgan fingerprint density at radius 1 is 1.46 bits per heavy atom. The second-order valence-electron chi connectivity index (χ2n) is 6.27. The molecule has 144 valence electrons. The molecule has 1 fully saturated rings. The van der Waals surface area contributed by atoms with E-state index >= 15 is 0 Å². The molecule has 10 heteroatoms. The van der Waals surface area contributed by atoms with E-state index in [0.29, 0.717) is 34.6 Å². The van der Waals surface area contributed by atoms with Crippen LogP contribution in [0.25, 0.3) is 0 Å². The molecule has 1 unspecified atom stereocenters. The maximum atomic E-state index is 12.6. The average molecular weight is 416 g/mol. The molecule has 2 aliphatic rings. The summed E-state index contributed by atoms with van der Waals surface area (Å²) in [4.78, 5) is 31.0. The summed E-state index contributed by atoms with van der Waals surface area (Å²) in [6, 6.07) is 7.37. The Morgan fingerprint density at radius 3 is 3.11 bits per heavy atom. The van der Waals surface area contributed by atoms with Gasteiger partial charge in [0.2, 0.25) is 18.6 Å². The van der Waals surface area contributed by atoms with Gasteiger partial charge >= 0.3 is 0 Å². The van der Waals surface area contributed by atoms with Crippen molar-refractivity contribution in [3.05, 3.63) is 23.9 Å². The molecule has 1 N–H and O–H groups in total. The van der Waals surface area contributed by atoms with E-state index in [4.69, 9.17) is 14.7 Å². The number of rotatable bonds is 5. The fourth-order valence-electron chi connectivity index (χ4n) is 3.06. The molecule has 4 rings (SSSR count). The summed E-state index contributed by atoms with van der Waals surface area (Å²) >= 11 is 2.73. The van der Waals surface area contributed by atoms with Crippen LogP contribution in [0.15, 0.2) is 22.4 Å². The standard InChI is InChI=1S/C18H16N4O4S2/c1-10-17(27-5-4-19)28-18(20-10)21-16(24)11-6-15(23)22(8-11)12-2-3-13-14(7-12)26-9-25-13/h2-3,7,11H,5-6,8-9H2,1H3,(H,20,21,24). The van der Waals surface area contributed by atoms with Crippen molar-refractivity contribution < 1.29 is 19.1 Å². The summed E-state index contributed by atoms with van der Waals surface area (Å²) < 4.78 is 11.6. The molecule has 2 aliphatic heterocycles. The van der Waals surface area contributed by atoms with Gasteiger partial charge in [-0.1, -0.05) is 23.1 Å². The van der Waals surface area contributed by atoms with Crippen LogP contribution in [0.4, 0.5) is 10.8 Å². The molecule has 0 bridgehead atoms. The highest BCUT2D eigenvalue weighted by Crippen LogP contribution is 2.37. The third-order valence-electron chi connectivity index (χ3n) is 4.42. The number of fused-ring (bicyclic) bond motifs is 1. The number of hydrogen-bond acceptors (Lipinski definition) is 8. The lowest BCUT2D eigenvalue weighted by Crippen LogP contribution is -2.28. The number of aryl methyl sites for hydroxylation is 1. The van der Waals surface area contributed by atoms with Crippen molar-refractivity contribution in [3.8, 4) is 17.6 Å². The fraction of sp³-hybridized carbons (Fsp3) is 0.333. The largest absolute Gasteiger partial charge is 0.454 e. The summed E-state index contributed by atoms with van der Waals surface area (Å²) in [5.41, 5.74) is 1.47. The van der Waals surface area contributed by atoms with Gasteiger partial charge in [-0.05, 0) is 19.1 Å². The Hall–Kier alpha value is -2.77. The van der Waals surface area contributed by atoms with E-state index in [1.54, 1.807) is 23.1 Å². The highest BCUT2D eigenvalue weighted by atomic mass is 32.2. The van der Waals surface area contributed by atoms with E-state index in [-0.39, 0.29) is 25.0 Å². The molecule has 1 aromatic heterocycles. The van der Waals surface area contributed by atoms with E-state index < -0.39 is 5.92 Å². The molecule has 0 radical (unpaired) electrons. The number of thioether (sulfide) groups is 1. The van der Waals surface area contributed by atoms with Crippen LogP contribution in [0.1, 0.15) is 12.1 Å². The van der Waals surface area contributed by atoms with E-state index in [9.17, 15) is 9.59 Å². The molecule has 1 atom stereocenters. The number of hydrogen-bond donors (Lipinski definition) is 1. The van der Waals surface area contributed by atoms with Gasteiger partial charge in [-0.3, -0.25) is 9.59 Å². The maximum Gasteiger partial charge on any atom is 0.231 e. The summed E-state index contributed by atoms with van der Waals surface area (Å²) in [5.74, 6) is 0.768. The van der Waals surface area contributed by atoms with Crippen LogP contribution in [-0.2, 0) is 9.59 Å². The maximum absolute atomic E-state index is 12.6. The number of ether oxygens (including phenoxy) is 2. The lowest BCUT2D eigenvalue weighted by molar-refractivity contribution is -0.122. The van der Waals surface area contributed by atoms with Crippen molar-refractivity contribution >= 4 is 45.7 Å². The first kappa shape index (κ1) is 18.6. The van der Waals surface area contributed by atoms with E-state index in [1.807, 2.05) is 6.92 Å². The zero-order valence-electron chi connectivity index (χ0n) is 14.9. The first-order valence-corrected chi connectivity index (χ1v) is 10.3. The van der Waals surface area contributed by atoms with Crippen molar-refractivity contribution in [3.63, 3.8) is 0 Å². The summed E-state index contributed by atoms with van der Waals surface area (Å²) in [7, 11) is 0. The highest BCUT2D eigenvalue weighted by molar-refractivity contribution is 8.01.